The molecule has 28 heavy (non-hydrogen) atoms. The van der Waals surface area contributed by atoms with E-state index >= 15 is 0 Å². The first kappa shape index (κ1) is 18.4. The fraction of sp³-hybridized carbons (Fsp3) is 0.429. The first-order valence-electron chi connectivity index (χ1n) is 9.61. The molecule has 4 heterocycles. The van der Waals surface area contributed by atoms with Crippen LogP contribution in [0.25, 0.3) is 0 Å². The summed E-state index contributed by atoms with van der Waals surface area (Å²) in [6.45, 7) is 4.90. The summed E-state index contributed by atoms with van der Waals surface area (Å²) < 4.78 is 1.64. The maximum atomic E-state index is 13.2. The highest BCUT2D eigenvalue weighted by Gasteiger charge is 2.44. The van der Waals surface area contributed by atoms with Gasteiger partial charge in [-0.25, -0.2) is 0 Å². The van der Waals surface area contributed by atoms with Gasteiger partial charge in [0, 0.05) is 49.8 Å². The summed E-state index contributed by atoms with van der Waals surface area (Å²) in [4.78, 5) is 43.9. The Hall–Kier alpha value is -2.96. The van der Waals surface area contributed by atoms with Gasteiger partial charge in [-0.05, 0) is 31.0 Å². The molecular weight excluding hydrogens is 356 g/mol. The van der Waals surface area contributed by atoms with Crippen molar-refractivity contribution in [1.29, 1.82) is 0 Å². The van der Waals surface area contributed by atoms with Crippen molar-refractivity contribution in [3.63, 3.8) is 0 Å². The highest BCUT2D eigenvalue weighted by atomic mass is 16.2. The molecule has 7 nitrogen and oxygen atoms in total. The molecule has 1 fully saturated rings. The van der Waals surface area contributed by atoms with Gasteiger partial charge in [-0.15, -0.1) is 0 Å². The van der Waals surface area contributed by atoms with Gasteiger partial charge < -0.3 is 10.2 Å². The molecule has 0 unspecified atom stereocenters. The zero-order valence-electron chi connectivity index (χ0n) is 16.1. The van der Waals surface area contributed by atoms with Crippen molar-refractivity contribution in [3.8, 4) is 0 Å². The van der Waals surface area contributed by atoms with Gasteiger partial charge in [0.25, 0.3) is 5.56 Å². The predicted octanol–water partition coefficient (Wildman–Crippen LogP) is 1.37. The Balaban J connectivity index is 1.66. The number of aryl methyl sites for hydroxylation is 1. The van der Waals surface area contributed by atoms with Crippen LogP contribution in [-0.4, -0.2) is 39.4 Å². The van der Waals surface area contributed by atoms with Crippen LogP contribution in [0.1, 0.15) is 42.3 Å². The monoisotopic (exact) mass is 380 g/mol. The van der Waals surface area contributed by atoms with Crippen LogP contribution >= 0.6 is 0 Å². The van der Waals surface area contributed by atoms with Gasteiger partial charge in [-0.3, -0.25) is 23.9 Å². The van der Waals surface area contributed by atoms with Gasteiger partial charge >= 0.3 is 0 Å². The molecule has 1 N–H and O–H groups in total. The van der Waals surface area contributed by atoms with Gasteiger partial charge in [-0.1, -0.05) is 12.1 Å². The normalized spacial score (nSPS) is 23.1. The minimum atomic E-state index is -0.619. The number of rotatable bonds is 3. The average molecular weight is 380 g/mol. The van der Waals surface area contributed by atoms with Crippen LogP contribution in [0.4, 0.5) is 0 Å². The van der Waals surface area contributed by atoms with E-state index < -0.39 is 6.04 Å². The number of amides is 2. The molecule has 7 heteroatoms. The molecule has 0 aliphatic carbocycles. The van der Waals surface area contributed by atoms with Crippen molar-refractivity contribution in [2.24, 2.45) is 5.92 Å². The third kappa shape index (κ3) is 3.21. The summed E-state index contributed by atoms with van der Waals surface area (Å²) in [6, 6.07) is 8.31. The summed E-state index contributed by atoms with van der Waals surface area (Å²) in [5.41, 5.74) is 2.48. The van der Waals surface area contributed by atoms with Crippen molar-refractivity contribution in [3.05, 3.63) is 63.8 Å². The lowest BCUT2D eigenvalue weighted by Crippen LogP contribution is -2.54. The maximum Gasteiger partial charge on any atom is 0.251 e. The standard InChI is InChI=1S/C21H24N4O3/c1-13-5-4-8-22-17(13)10-23-21(28)20-16-9-15(11-24(12-16)14(2)26)18-6-3-7-19(27)25(18)20/h3-8,15-16,20H,9-12H2,1-2H3,(H,23,28)/t15-,16+,20-/m1/s1. The maximum absolute atomic E-state index is 13.2. The van der Waals surface area contributed by atoms with Crippen LogP contribution in [0, 0.1) is 12.8 Å². The van der Waals surface area contributed by atoms with E-state index in [0.29, 0.717) is 19.6 Å². The topological polar surface area (TPSA) is 84.3 Å². The molecule has 2 amide bonds. The first-order chi connectivity index (χ1) is 13.5. The van der Waals surface area contributed by atoms with Crippen molar-refractivity contribution in [2.45, 2.75) is 38.8 Å². The lowest BCUT2D eigenvalue weighted by molar-refractivity contribution is -0.135. The molecule has 1 saturated heterocycles. The fourth-order valence-corrected chi connectivity index (χ4v) is 4.51. The molecule has 0 radical (unpaired) electrons. The van der Waals surface area contributed by atoms with Gasteiger partial charge in [0.1, 0.15) is 6.04 Å². The van der Waals surface area contributed by atoms with Crippen molar-refractivity contribution in [2.75, 3.05) is 13.1 Å². The van der Waals surface area contributed by atoms with E-state index in [-0.39, 0.29) is 29.2 Å². The minimum Gasteiger partial charge on any atom is -0.349 e. The molecule has 2 aromatic heterocycles. The van der Waals surface area contributed by atoms with Gasteiger partial charge in [0.2, 0.25) is 11.8 Å². The van der Waals surface area contributed by atoms with E-state index in [1.807, 2.05) is 25.1 Å². The summed E-state index contributed by atoms with van der Waals surface area (Å²) in [5, 5.41) is 2.96. The molecule has 4 rings (SSSR count). The Morgan fingerprint density at radius 3 is 2.79 bits per heavy atom. The average Bonchev–Trinajstić information content (AvgIpc) is 2.68. The summed E-state index contributed by atoms with van der Waals surface area (Å²) >= 11 is 0. The first-order valence-corrected chi connectivity index (χ1v) is 9.61. The second kappa shape index (κ2) is 7.22. The zero-order valence-corrected chi connectivity index (χ0v) is 16.1. The second-order valence-corrected chi connectivity index (χ2v) is 7.71. The third-order valence-corrected chi connectivity index (χ3v) is 5.91. The van der Waals surface area contributed by atoms with Gasteiger partial charge in [-0.2, -0.15) is 0 Å². The number of nitrogens with one attached hydrogen (secondary N) is 1. The zero-order chi connectivity index (χ0) is 19.8. The Morgan fingerprint density at radius 2 is 2.04 bits per heavy atom. The Morgan fingerprint density at radius 1 is 1.21 bits per heavy atom. The number of hydrogen-bond donors (Lipinski definition) is 1. The number of carbonyl (C=O) groups is 2. The number of carbonyl (C=O) groups excluding carboxylic acids is 2. The van der Waals surface area contributed by atoms with E-state index in [4.69, 9.17) is 0 Å². The Labute approximate surface area is 163 Å². The highest BCUT2D eigenvalue weighted by molar-refractivity contribution is 5.81. The van der Waals surface area contributed by atoms with E-state index in [1.165, 1.54) is 6.07 Å². The molecule has 2 aromatic rings. The smallest absolute Gasteiger partial charge is 0.251 e. The second-order valence-electron chi connectivity index (χ2n) is 7.71. The Kier molecular flexibility index (Phi) is 4.75. The molecule has 0 spiro atoms. The molecule has 0 saturated carbocycles. The highest BCUT2D eigenvalue weighted by Crippen LogP contribution is 2.41. The van der Waals surface area contributed by atoms with E-state index in [9.17, 15) is 14.4 Å². The summed E-state index contributed by atoms with van der Waals surface area (Å²) in [7, 11) is 0. The number of likely N-dealkylation sites (tertiary alicyclic amines) is 1. The molecule has 3 atom stereocenters. The largest absolute Gasteiger partial charge is 0.349 e. The number of fused-ring (bicyclic) bond motifs is 4. The van der Waals surface area contributed by atoms with Crippen LogP contribution < -0.4 is 10.9 Å². The SMILES string of the molecule is CC(=O)N1C[C@H]2C[C@@H](C1)[C@H](C(=O)NCc1ncccc1C)n1c2cccc1=O. The molecule has 2 aliphatic heterocycles. The fourth-order valence-electron chi connectivity index (χ4n) is 4.51. The van der Waals surface area contributed by atoms with Crippen LogP contribution in [0.5, 0.6) is 0 Å². The predicted molar refractivity (Wildman–Crippen MR) is 104 cm³/mol. The lowest BCUT2D eigenvalue weighted by atomic mass is 9.78. The number of piperidine rings is 1. The van der Waals surface area contributed by atoms with Crippen molar-refractivity contribution >= 4 is 11.8 Å². The van der Waals surface area contributed by atoms with Crippen molar-refractivity contribution < 1.29 is 9.59 Å². The number of hydrogen-bond acceptors (Lipinski definition) is 4. The quantitative estimate of drug-likeness (QED) is 0.872. The number of nitrogens with zero attached hydrogens (tertiary/aromatic N) is 3. The summed E-state index contributed by atoms with van der Waals surface area (Å²) in [6.07, 6.45) is 2.50. The molecular formula is C21H24N4O3. The van der Waals surface area contributed by atoms with E-state index in [1.54, 1.807) is 28.7 Å². The van der Waals surface area contributed by atoms with Crippen LogP contribution in [-0.2, 0) is 16.1 Å². The molecule has 0 aromatic carbocycles. The molecule has 146 valence electrons. The number of aromatic nitrogens is 2. The molecule has 2 bridgehead atoms. The third-order valence-electron chi connectivity index (χ3n) is 5.91. The summed E-state index contributed by atoms with van der Waals surface area (Å²) in [5.74, 6) is -0.197. The van der Waals surface area contributed by atoms with Crippen molar-refractivity contribution in [1.82, 2.24) is 19.8 Å². The van der Waals surface area contributed by atoms with Gasteiger partial charge in [0.05, 0.1) is 12.2 Å². The van der Waals surface area contributed by atoms with Crippen LogP contribution in [0.2, 0.25) is 0 Å². The van der Waals surface area contributed by atoms with Gasteiger partial charge in [0.15, 0.2) is 0 Å². The Bertz CT molecular complexity index is 984. The van der Waals surface area contributed by atoms with E-state index in [0.717, 1.165) is 23.4 Å². The number of pyridine rings is 2. The lowest BCUT2D eigenvalue weighted by Gasteiger charge is -2.46. The van der Waals surface area contributed by atoms with Crippen LogP contribution in [0.3, 0.4) is 0 Å². The van der Waals surface area contributed by atoms with Crippen LogP contribution in [0.15, 0.2) is 41.3 Å². The molecule has 2 aliphatic rings. The minimum absolute atomic E-state index is 0.00435. The van der Waals surface area contributed by atoms with E-state index in [2.05, 4.69) is 10.3 Å².